The fourth-order valence-electron chi connectivity index (χ4n) is 2.27. The van der Waals surface area contributed by atoms with Gasteiger partial charge in [0.15, 0.2) is 0 Å². The van der Waals surface area contributed by atoms with Crippen LogP contribution in [0.4, 0.5) is 11.4 Å². The van der Waals surface area contributed by atoms with Gasteiger partial charge in [-0.15, -0.1) is 0 Å². The second-order valence-corrected chi connectivity index (χ2v) is 4.76. The summed E-state index contributed by atoms with van der Waals surface area (Å²) in [6, 6.07) is 12.2. The average Bonchev–Trinajstić information content (AvgIpc) is 2.34. The van der Waals surface area contributed by atoms with Gasteiger partial charge in [-0.1, -0.05) is 29.8 Å². The average molecular weight is 241 g/mol. The number of aryl methyl sites for hydroxylation is 3. The number of nitrogens with one attached hydrogen (secondary N) is 1. The molecule has 0 atom stereocenters. The molecule has 0 amide bonds. The summed E-state index contributed by atoms with van der Waals surface area (Å²) in [5.74, 6) is 0. The minimum Gasteiger partial charge on any atom is -0.392 e. The van der Waals surface area contributed by atoms with Gasteiger partial charge in [0.2, 0.25) is 0 Å². The predicted octanol–water partition coefficient (Wildman–Crippen LogP) is 3.85. The standard InChI is InChI=1S/C16H19NO/c1-11-7-12(2)16(13(3)8-11)17-15-6-4-5-14(9-15)10-18/h4-9,17-18H,10H2,1-3H3. The fraction of sp³-hybridized carbons (Fsp3) is 0.250. The van der Waals surface area contributed by atoms with Crippen LogP contribution in [-0.4, -0.2) is 5.11 Å². The molecule has 0 saturated carbocycles. The van der Waals surface area contributed by atoms with Crippen LogP contribution in [0.15, 0.2) is 36.4 Å². The third-order valence-corrected chi connectivity index (χ3v) is 3.06. The molecule has 2 heteroatoms. The Morgan fingerprint density at radius 2 is 1.67 bits per heavy atom. The number of benzene rings is 2. The molecule has 0 spiro atoms. The zero-order valence-electron chi connectivity index (χ0n) is 11.1. The molecule has 2 rings (SSSR count). The number of aliphatic hydroxyl groups excluding tert-OH is 1. The highest BCUT2D eigenvalue weighted by atomic mass is 16.3. The van der Waals surface area contributed by atoms with Crippen LogP contribution in [0.1, 0.15) is 22.3 Å². The van der Waals surface area contributed by atoms with Crippen molar-refractivity contribution in [2.24, 2.45) is 0 Å². The van der Waals surface area contributed by atoms with E-state index in [9.17, 15) is 0 Å². The third-order valence-electron chi connectivity index (χ3n) is 3.06. The van der Waals surface area contributed by atoms with Crippen molar-refractivity contribution in [2.75, 3.05) is 5.32 Å². The molecular formula is C16H19NO. The molecule has 2 aromatic carbocycles. The first-order valence-electron chi connectivity index (χ1n) is 6.15. The Labute approximate surface area is 108 Å². The quantitative estimate of drug-likeness (QED) is 0.855. The first-order chi connectivity index (χ1) is 8.60. The van der Waals surface area contributed by atoms with Crippen LogP contribution in [0.2, 0.25) is 0 Å². The SMILES string of the molecule is Cc1cc(C)c(Nc2cccc(CO)c2)c(C)c1. The summed E-state index contributed by atoms with van der Waals surface area (Å²) < 4.78 is 0. The normalized spacial score (nSPS) is 10.4. The lowest BCUT2D eigenvalue weighted by atomic mass is 10.0. The molecule has 0 heterocycles. The summed E-state index contributed by atoms with van der Waals surface area (Å²) in [7, 11) is 0. The molecule has 0 fully saturated rings. The van der Waals surface area contributed by atoms with Gasteiger partial charge in [-0.2, -0.15) is 0 Å². The number of hydrogen-bond acceptors (Lipinski definition) is 2. The molecule has 0 unspecified atom stereocenters. The van der Waals surface area contributed by atoms with Crippen molar-refractivity contribution in [1.82, 2.24) is 0 Å². The van der Waals surface area contributed by atoms with Gasteiger partial charge in [0, 0.05) is 11.4 Å². The van der Waals surface area contributed by atoms with Crippen LogP contribution in [-0.2, 0) is 6.61 Å². The van der Waals surface area contributed by atoms with Crippen LogP contribution in [0.3, 0.4) is 0 Å². The molecule has 2 nitrogen and oxygen atoms in total. The molecule has 0 aliphatic heterocycles. The van der Waals surface area contributed by atoms with Gasteiger partial charge in [0.25, 0.3) is 0 Å². The molecule has 94 valence electrons. The summed E-state index contributed by atoms with van der Waals surface area (Å²) >= 11 is 0. The highest BCUT2D eigenvalue weighted by molar-refractivity contribution is 5.67. The Morgan fingerprint density at radius 1 is 1.00 bits per heavy atom. The molecule has 0 bridgehead atoms. The zero-order valence-corrected chi connectivity index (χ0v) is 11.1. The van der Waals surface area contributed by atoms with E-state index >= 15 is 0 Å². The van der Waals surface area contributed by atoms with E-state index in [4.69, 9.17) is 5.11 Å². The van der Waals surface area contributed by atoms with Crippen LogP contribution in [0, 0.1) is 20.8 Å². The van der Waals surface area contributed by atoms with Gasteiger partial charge >= 0.3 is 0 Å². The summed E-state index contributed by atoms with van der Waals surface area (Å²) in [5.41, 5.74) is 6.83. The van der Waals surface area contributed by atoms with E-state index in [1.165, 1.54) is 16.7 Å². The summed E-state index contributed by atoms with van der Waals surface area (Å²) in [5, 5.41) is 12.6. The number of hydrogen-bond donors (Lipinski definition) is 2. The monoisotopic (exact) mass is 241 g/mol. The molecule has 0 aliphatic rings. The van der Waals surface area contributed by atoms with Gasteiger partial charge in [0.05, 0.1) is 6.61 Å². The molecule has 18 heavy (non-hydrogen) atoms. The number of aliphatic hydroxyl groups is 1. The summed E-state index contributed by atoms with van der Waals surface area (Å²) in [4.78, 5) is 0. The maximum absolute atomic E-state index is 9.15. The molecule has 0 saturated heterocycles. The lowest BCUT2D eigenvalue weighted by molar-refractivity contribution is 0.282. The first kappa shape index (κ1) is 12.7. The maximum Gasteiger partial charge on any atom is 0.0682 e. The van der Waals surface area contributed by atoms with Crippen LogP contribution in [0.25, 0.3) is 0 Å². The maximum atomic E-state index is 9.15. The van der Waals surface area contributed by atoms with Crippen molar-refractivity contribution in [3.05, 3.63) is 58.7 Å². The van der Waals surface area contributed by atoms with Crippen LogP contribution in [0.5, 0.6) is 0 Å². The summed E-state index contributed by atoms with van der Waals surface area (Å²) in [6.45, 7) is 6.40. The second kappa shape index (κ2) is 5.23. The Hall–Kier alpha value is -1.80. The Bertz CT molecular complexity index is 538. The van der Waals surface area contributed by atoms with Crippen molar-refractivity contribution >= 4 is 11.4 Å². The largest absolute Gasteiger partial charge is 0.392 e. The molecular weight excluding hydrogens is 222 g/mol. The smallest absolute Gasteiger partial charge is 0.0682 e. The number of anilines is 2. The third kappa shape index (κ3) is 2.71. The molecule has 2 aromatic rings. The second-order valence-electron chi connectivity index (χ2n) is 4.76. The number of rotatable bonds is 3. The Balaban J connectivity index is 2.33. The molecule has 0 radical (unpaired) electrons. The van der Waals surface area contributed by atoms with E-state index in [0.29, 0.717) is 0 Å². The molecule has 0 aliphatic carbocycles. The predicted molar refractivity (Wildman–Crippen MR) is 76.3 cm³/mol. The lowest BCUT2D eigenvalue weighted by Crippen LogP contribution is -1.97. The van der Waals surface area contributed by atoms with Crippen molar-refractivity contribution in [1.29, 1.82) is 0 Å². The minimum atomic E-state index is 0.0708. The van der Waals surface area contributed by atoms with E-state index in [0.717, 1.165) is 16.9 Å². The first-order valence-corrected chi connectivity index (χ1v) is 6.15. The van der Waals surface area contributed by atoms with Crippen molar-refractivity contribution in [2.45, 2.75) is 27.4 Å². The van der Waals surface area contributed by atoms with Crippen molar-refractivity contribution in [3.63, 3.8) is 0 Å². The van der Waals surface area contributed by atoms with Gasteiger partial charge in [0.1, 0.15) is 0 Å². The molecule has 2 N–H and O–H groups in total. The zero-order chi connectivity index (χ0) is 13.1. The van der Waals surface area contributed by atoms with Crippen LogP contribution >= 0.6 is 0 Å². The van der Waals surface area contributed by atoms with Crippen molar-refractivity contribution < 1.29 is 5.11 Å². The van der Waals surface area contributed by atoms with Gasteiger partial charge < -0.3 is 10.4 Å². The molecule has 0 aromatic heterocycles. The van der Waals surface area contributed by atoms with E-state index in [-0.39, 0.29) is 6.61 Å². The lowest BCUT2D eigenvalue weighted by Gasteiger charge is -2.14. The fourth-order valence-corrected chi connectivity index (χ4v) is 2.27. The van der Waals surface area contributed by atoms with Crippen LogP contribution < -0.4 is 5.32 Å². The van der Waals surface area contributed by atoms with E-state index < -0.39 is 0 Å². The van der Waals surface area contributed by atoms with E-state index in [2.05, 4.69) is 38.2 Å². The van der Waals surface area contributed by atoms with Crippen molar-refractivity contribution in [3.8, 4) is 0 Å². The van der Waals surface area contributed by atoms with Gasteiger partial charge in [-0.3, -0.25) is 0 Å². The van der Waals surface area contributed by atoms with E-state index in [1.807, 2.05) is 24.3 Å². The summed E-state index contributed by atoms with van der Waals surface area (Å²) in [6.07, 6.45) is 0. The highest BCUT2D eigenvalue weighted by Gasteiger charge is 2.04. The van der Waals surface area contributed by atoms with Gasteiger partial charge in [-0.05, 0) is 49.6 Å². The minimum absolute atomic E-state index is 0.0708. The van der Waals surface area contributed by atoms with Gasteiger partial charge in [-0.25, -0.2) is 0 Å². The Kier molecular flexibility index (Phi) is 3.68. The van der Waals surface area contributed by atoms with E-state index in [1.54, 1.807) is 0 Å². The Morgan fingerprint density at radius 3 is 2.28 bits per heavy atom. The topological polar surface area (TPSA) is 32.3 Å². The highest BCUT2D eigenvalue weighted by Crippen LogP contribution is 2.26.